The van der Waals surface area contributed by atoms with Crippen molar-refractivity contribution in [1.82, 2.24) is 15.8 Å². The van der Waals surface area contributed by atoms with Crippen LogP contribution < -0.4 is 10.9 Å². The number of hydrogen-bond donors (Lipinski definition) is 2. The molecular weight excluding hydrogens is 281 g/mol. The largest absolute Gasteiger partial charge is 0.330 e. The van der Waals surface area contributed by atoms with Crippen LogP contribution in [0.2, 0.25) is 0 Å². The highest BCUT2D eigenvalue weighted by molar-refractivity contribution is 9.10. The van der Waals surface area contributed by atoms with Gasteiger partial charge in [-0.3, -0.25) is 5.43 Å². The second-order valence-electron chi connectivity index (χ2n) is 3.26. The molecule has 1 aliphatic rings. The summed E-state index contributed by atoms with van der Waals surface area (Å²) in [5, 5.41) is 0.600. The van der Waals surface area contributed by atoms with Crippen LogP contribution in [0.1, 0.15) is 11.7 Å². The maximum absolute atomic E-state index is 13.3. The van der Waals surface area contributed by atoms with E-state index >= 15 is 0 Å². The molecule has 80 valence electrons. The maximum atomic E-state index is 13.3. The van der Waals surface area contributed by atoms with Gasteiger partial charge in [0.05, 0.1) is 4.47 Å². The number of halogens is 2. The predicted molar refractivity (Wildman–Crippen MR) is 63.5 cm³/mol. The molecule has 0 bridgehead atoms. The molecule has 0 aromatic heterocycles. The second-order valence-corrected chi connectivity index (χ2v) is 4.50. The van der Waals surface area contributed by atoms with Crippen molar-refractivity contribution in [2.24, 2.45) is 0 Å². The summed E-state index contributed by atoms with van der Waals surface area (Å²) in [6.45, 7) is 0. The van der Waals surface area contributed by atoms with Crippen LogP contribution in [0.3, 0.4) is 0 Å². The number of nitrogens with one attached hydrogen (secondary N) is 2. The SMILES string of the molecule is CN1C(=S)NNC1c1ccc(Br)c(F)c1. The van der Waals surface area contributed by atoms with Crippen molar-refractivity contribution >= 4 is 33.3 Å². The molecule has 1 unspecified atom stereocenters. The fourth-order valence-electron chi connectivity index (χ4n) is 1.42. The van der Waals surface area contributed by atoms with Gasteiger partial charge in [-0.15, -0.1) is 0 Å². The molecule has 1 heterocycles. The maximum Gasteiger partial charge on any atom is 0.184 e. The first-order chi connectivity index (χ1) is 7.09. The molecule has 2 rings (SSSR count). The van der Waals surface area contributed by atoms with Crippen molar-refractivity contribution in [3.05, 3.63) is 34.1 Å². The zero-order valence-electron chi connectivity index (χ0n) is 7.92. The van der Waals surface area contributed by atoms with Crippen LogP contribution in [0.15, 0.2) is 22.7 Å². The Balaban J connectivity index is 2.30. The molecule has 15 heavy (non-hydrogen) atoms. The van der Waals surface area contributed by atoms with Crippen molar-refractivity contribution in [3.63, 3.8) is 0 Å². The molecule has 1 saturated heterocycles. The van der Waals surface area contributed by atoms with E-state index in [1.807, 2.05) is 18.0 Å². The third kappa shape index (κ3) is 1.97. The fourth-order valence-corrected chi connectivity index (χ4v) is 1.83. The van der Waals surface area contributed by atoms with Gasteiger partial charge < -0.3 is 4.90 Å². The Kier molecular flexibility index (Phi) is 2.90. The highest BCUT2D eigenvalue weighted by Crippen LogP contribution is 2.23. The average Bonchev–Trinajstić information content (AvgIpc) is 2.53. The Hall–Kier alpha value is -0.720. The summed E-state index contributed by atoms with van der Waals surface area (Å²) in [6, 6.07) is 5.01. The second kappa shape index (κ2) is 4.03. The van der Waals surface area contributed by atoms with E-state index in [2.05, 4.69) is 26.8 Å². The fraction of sp³-hybridized carbons (Fsp3) is 0.222. The Morgan fingerprint density at radius 2 is 2.27 bits per heavy atom. The van der Waals surface area contributed by atoms with Gasteiger partial charge in [0.15, 0.2) is 5.11 Å². The minimum atomic E-state index is -0.277. The van der Waals surface area contributed by atoms with Gasteiger partial charge in [0.1, 0.15) is 12.0 Å². The van der Waals surface area contributed by atoms with E-state index in [0.29, 0.717) is 9.59 Å². The summed E-state index contributed by atoms with van der Waals surface area (Å²) in [7, 11) is 1.85. The molecule has 0 radical (unpaired) electrons. The van der Waals surface area contributed by atoms with Gasteiger partial charge in [0, 0.05) is 7.05 Å². The van der Waals surface area contributed by atoms with E-state index in [1.165, 1.54) is 6.07 Å². The first kappa shape index (κ1) is 10.8. The molecule has 0 amide bonds. The molecule has 1 aliphatic heterocycles. The van der Waals surface area contributed by atoms with E-state index in [9.17, 15) is 4.39 Å². The molecule has 0 spiro atoms. The molecule has 1 atom stereocenters. The average molecular weight is 290 g/mol. The molecular formula is C9H9BrFN3S. The minimum absolute atomic E-state index is 0.125. The molecule has 1 aromatic rings. The van der Waals surface area contributed by atoms with Crippen LogP contribution in [0.4, 0.5) is 4.39 Å². The smallest absolute Gasteiger partial charge is 0.184 e. The predicted octanol–water partition coefficient (Wildman–Crippen LogP) is 1.91. The quantitative estimate of drug-likeness (QED) is 0.773. The highest BCUT2D eigenvalue weighted by Gasteiger charge is 2.25. The standard InChI is InChI=1S/C9H9BrFN3S/c1-14-8(12-13-9(14)15)5-2-3-6(10)7(11)4-5/h2-4,8,12H,1H3,(H,13,15). The van der Waals surface area contributed by atoms with Crippen LogP contribution in [0.5, 0.6) is 0 Å². The number of hydrogen-bond acceptors (Lipinski definition) is 2. The minimum Gasteiger partial charge on any atom is -0.330 e. The zero-order valence-corrected chi connectivity index (χ0v) is 10.3. The first-order valence-corrected chi connectivity index (χ1v) is 5.53. The normalized spacial score (nSPS) is 20.6. The lowest BCUT2D eigenvalue weighted by Crippen LogP contribution is -2.26. The van der Waals surface area contributed by atoms with E-state index in [4.69, 9.17) is 12.2 Å². The third-order valence-corrected chi connectivity index (χ3v) is 3.32. The highest BCUT2D eigenvalue weighted by atomic mass is 79.9. The van der Waals surface area contributed by atoms with E-state index in [-0.39, 0.29) is 12.0 Å². The summed E-state index contributed by atoms with van der Waals surface area (Å²) in [5.41, 5.74) is 6.62. The van der Waals surface area contributed by atoms with Crippen molar-refractivity contribution in [1.29, 1.82) is 0 Å². The number of nitrogens with zero attached hydrogens (tertiary/aromatic N) is 1. The number of benzene rings is 1. The molecule has 0 saturated carbocycles. The van der Waals surface area contributed by atoms with Crippen molar-refractivity contribution < 1.29 is 4.39 Å². The van der Waals surface area contributed by atoms with E-state index < -0.39 is 0 Å². The van der Waals surface area contributed by atoms with Crippen LogP contribution in [0.25, 0.3) is 0 Å². The summed E-state index contributed by atoms with van der Waals surface area (Å²) in [4.78, 5) is 1.83. The van der Waals surface area contributed by atoms with Gasteiger partial charge in [-0.25, -0.2) is 9.82 Å². The Labute approximate surface area is 101 Å². The zero-order chi connectivity index (χ0) is 11.0. The van der Waals surface area contributed by atoms with Gasteiger partial charge in [-0.2, -0.15) is 0 Å². The molecule has 2 N–H and O–H groups in total. The van der Waals surface area contributed by atoms with Gasteiger partial charge >= 0.3 is 0 Å². The van der Waals surface area contributed by atoms with Crippen molar-refractivity contribution in [3.8, 4) is 0 Å². The number of rotatable bonds is 1. The molecule has 3 nitrogen and oxygen atoms in total. The lowest BCUT2D eigenvalue weighted by Gasteiger charge is -2.19. The molecule has 1 fully saturated rings. The van der Waals surface area contributed by atoms with Gasteiger partial charge in [0.2, 0.25) is 0 Å². The van der Waals surface area contributed by atoms with Gasteiger partial charge in [0.25, 0.3) is 0 Å². The van der Waals surface area contributed by atoms with E-state index in [0.717, 1.165) is 5.56 Å². The number of thiocarbonyl (C=S) groups is 1. The van der Waals surface area contributed by atoms with E-state index in [1.54, 1.807) is 6.07 Å². The topological polar surface area (TPSA) is 27.3 Å². The number of hydrazine groups is 1. The van der Waals surface area contributed by atoms with Gasteiger partial charge in [-0.05, 0) is 45.8 Å². The summed E-state index contributed by atoms with van der Waals surface area (Å²) in [6.07, 6.45) is -0.125. The lowest BCUT2D eigenvalue weighted by molar-refractivity contribution is 0.366. The first-order valence-electron chi connectivity index (χ1n) is 4.33. The third-order valence-electron chi connectivity index (χ3n) is 2.28. The Morgan fingerprint density at radius 1 is 1.53 bits per heavy atom. The van der Waals surface area contributed by atoms with Crippen molar-refractivity contribution in [2.75, 3.05) is 7.05 Å². The van der Waals surface area contributed by atoms with Crippen molar-refractivity contribution in [2.45, 2.75) is 6.17 Å². The van der Waals surface area contributed by atoms with Crippen LogP contribution in [-0.2, 0) is 0 Å². The Morgan fingerprint density at radius 3 is 2.80 bits per heavy atom. The van der Waals surface area contributed by atoms with Gasteiger partial charge in [-0.1, -0.05) is 6.07 Å². The molecule has 0 aliphatic carbocycles. The Bertz CT molecular complexity index is 412. The summed E-state index contributed by atoms with van der Waals surface area (Å²) < 4.78 is 13.8. The van der Waals surface area contributed by atoms with Crippen LogP contribution in [-0.4, -0.2) is 17.1 Å². The van der Waals surface area contributed by atoms with Crippen LogP contribution in [0, 0.1) is 5.82 Å². The molecule has 1 aromatic carbocycles. The van der Waals surface area contributed by atoms with Crippen LogP contribution >= 0.6 is 28.1 Å². The summed E-state index contributed by atoms with van der Waals surface area (Å²) in [5.74, 6) is -0.277. The molecule has 6 heteroatoms. The lowest BCUT2D eigenvalue weighted by atomic mass is 10.1. The monoisotopic (exact) mass is 289 g/mol. The summed E-state index contributed by atoms with van der Waals surface area (Å²) >= 11 is 8.14.